The molecule has 0 radical (unpaired) electrons. The largest absolute Gasteiger partial charge is 0.497 e. The molecular weight excluding hydrogens is 418 g/mol. The summed E-state index contributed by atoms with van der Waals surface area (Å²) in [5.74, 6) is 1.54. The number of β-amino-alcohol motifs (C(OH)–C–C–N with tert-alkyl or cyclic N) is 1. The number of aromatic nitrogens is 1. The number of benzene rings is 2. The Bertz CT molecular complexity index is 1250. The van der Waals surface area contributed by atoms with Gasteiger partial charge in [-0.15, -0.1) is 0 Å². The maximum atomic E-state index is 12.4. The van der Waals surface area contributed by atoms with Crippen molar-refractivity contribution in [2.24, 2.45) is 5.92 Å². The van der Waals surface area contributed by atoms with E-state index in [9.17, 15) is 15.2 Å². The smallest absolute Gasteiger partial charge is 0.293 e. The van der Waals surface area contributed by atoms with Gasteiger partial charge in [-0.3, -0.25) is 10.1 Å². The number of nitrogens with zero attached hydrogens (tertiary/aromatic N) is 2. The van der Waals surface area contributed by atoms with Gasteiger partial charge in [-0.2, -0.15) is 0 Å². The van der Waals surface area contributed by atoms with E-state index in [1.807, 2.05) is 18.2 Å². The van der Waals surface area contributed by atoms with Gasteiger partial charge in [-0.1, -0.05) is 24.3 Å². The molecule has 2 unspecified atom stereocenters. The fourth-order valence-electron chi connectivity index (χ4n) is 6.33. The number of nitro groups is 1. The fraction of sp³-hybridized carbons (Fsp3) is 0.462. The van der Waals surface area contributed by atoms with Crippen LogP contribution >= 0.6 is 0 Å². The van der Waals surface area contributed by atoms with Crippen molar-refractivity contribution in [3.05, 3.63) is 69.4 Å². The van der Waals surface area contributed by atoms with Crippen LogP contribution in [0.4, 0.5) is 5.69 Å². The van der Waals surface area contributed by atoms with E-state index in [0.717, 1.165) is 53.4 Å². The standard InChI is InChI=1S/C26H29N3O4/c1-33-19-5-2-4-18(12-19)25-10-11-28(15-17-8-9-17)16-26(25,30)13-21-20-6-3-7-23(29(31)32)24(20)27-22(21)14-25/h2-7,12,17,27,30H,8-11,13-16H2,1H3. The van der Waals surface area contributed by atoms with Crippen LogP contribution in [0.1, 0.15) is 36.1 Å². The number of piperidine rings is 1. The molecule has 2 fully saturated rings. The van der Waals surface area contributed by atoms with Crippen molar-refractivity contribution >= 4 is 16.6 Å². The number of ether oxygens (including phenoxy) is 1. The van der Waals surface area contributed by atoms with Crippen molar-refractivity contribution < 1.29 is 14.8 Å². The number of hydrogen-bond acceptors (Lipinski definition) is 5. The normalized spacial score (nSPS) is 27.2. The molecule has 0 bridgehead atoms. The van der Waals surface area contributed by atoms with Crippen molar-refractivity contribution in [3.8, 4) is 5.75 Å². The van der Waals surface area contributed by atoms with Gasteiger partial charge in [0.1, 0.15) is 11.3 Å². The van der Waals surface area contributed by atoms with Gasteiger partial charge >= 0.3 is 0 Å². The van der Waals surface area contributed by atoms with Gasteiger partial charge in [-0.05, 0) is 55.0 Å². The summed E-state index contributed by atoms with van der Waals surface area (Å²) in [6.07, 6.45) is 4.50. The average Bonchev–Trinajstić information content (AvgIpc) is 3.56. The molecule has 1 saturated heterocycles. The second-order valence-electron chi connectivity index (χ2n) is 10.2. The van der Waals surface area contributed by atoms with Crippen LogP contribution in [0.15, 0.2) is 42.5 Å². The predicted molar refractivity (Wildman–Crippen MR) is 126 cm³/mol. The van der Waals surface area contributed by atoms with E-state index in [2.05, 4.69) is 22.0 Å². The minimum absolute atomic E-state index is 0.0858. The third-order valence-corrected chi connectivity index (χ3v) is 8.22. The van der Waals surface area contributed by atoms with Crippen LogP contribution in [-0.2, 0) is 18.3 Å². The first kappa shape index (κ1) is 20.7. The highest BCUT2D eigenvalue weighted by molar-refractivity contribution is 5.92. The van der Waals surface area contributed by atoms with E-state index in [0.29, 0.717) is 24.9 Å². The molecule has 2 N–H and O–H groups in total. The Morgan fingerprint density at radius 1 is 1.24 bits per heavy atom. The number of nitro benzene ring substituents is 1. The molecular formula is C26H29N3O4. The lowest BCUT2D eigenvalue weighted by molar-refractivity contribution is -0.383. The average molecular weight is 448 g/mol. The third-order valence-electron chi connectivity index (χ3n) is 8.22. The number of likely N-dealkylation sites (tertiary alicyclic amines) is 1. The number of aliphatic hydroxyl groups is 1. The summed E-state index contributed by atoms with van der Waals surface area (Å²) in [6.45, 7) is 2.59. The van der Waals surface area contributed by atoms with E-state index >= 15 is 0 Å². The zero-order valence-electron chi connectivity index (χ0n) is 18.8. The molecule has 7 nitrogen and oxygen atoms in total. The van der Waals surface area contributed by atoms with Crippen molar-refractivity contribution in [2.45, 2.75) is 43.1 Å². The maximum absolute atomic E-state index is 12.4. The van der Waals surface area contributed by atoms with Gasteiger partial charge in [-0.25, -0.2) is 0 Å². The SMILES string of the molecule is COc1cccc(C23CCN(CC4CC4)CC2(O)Cc2c([nH]c4c([N+](=O)[O-])cccc24)C3)c1. The van der Waals surface area contributed by atoms with Crippen molar-refractivity contribution in [2.75, 3.05) is 26.7 Å². The first-order chi connectivity index (χ1) is 15.9. The molecule has 2 aliphatic carbocycles. The number of aromatic amines is 1. The number of non-ortho nitro benzene ring substituents is 1. The zero-order valence-corrected chi connectivity index (χ0v) is 18.8. The summed E-state index contributed by atoms with van der Waals surface area (Å²) in [7, 11) is 1.66. The first-order valence-electron chi connectivity index (χ1n) is 11.8. The highest BCUT2D eigenvalue weighted by Gasteiger charge is 2.58. The number of rotatable bonds is 5. The van der Waals surface area contributed by atoms with Crippen molar-refractivity contribution in [1.82, 2.24) is 9.88 Å². The van der Waals surface area contributed by atoms with Gasteiger partial charge in [0, 0.05) is 48.5 Å². The van der Waals surface area contributed by atoms with Crippen LogP contribution in [0.25, 0.3) is 10.9 Å². The Labute approximate surface area is 192 Å². The van der Waals surface area contributed by atoms with E-state index in [4.69, 9.17) is 4.74 Å². The number of para-hydroxylation sites is 1. The number of methoxy groups -OCH3 is 1. The van der Waals surface area contributed by atoms with Crippen molar-refractivity contribution in [3.63, 3.8) is 0 Å². The highest BCUT2D eigenvalue weighted by atomic mass is 16.6. The minimum Gasteiger partial charge on any atom is -0.497 e. The maximum Gasteiger partial charge on any atom is 0.293 e. The second-order valence-corrected chi connectivity index (χ2v) is 10.2. The molecule has 172 valence electrons. The summed E-state index contributed by atoms with van der Waals surface area (Å²) >= 11 is 0. The van der Waals surface area contributed by atoms with Crippen molar-refractivity contribution in [1.29, 1.82) is 0 Å². The molecule has 1 aliphatic heterocycles. The molecule has 7 heteroatoms. The van der Waals surface area contributed by atoms with Gasteiger partial charge in [0.25, 0.3) is 5.69 Å². The van der Waals surface area contributed by atoms with Gasteiger partial charge in [0.15, 0.2) is 0 Å². The third kappa shape index (κ3) is 3.17. The molecule has 2 heterocycles. The van der Waals surface area contributed by atoms with E-state index in [1.54, 1.807) is 19.2 Å². The molecule has 33 heavy (non-hydrogen) atoms. The Hall–Kier alpha value is -2.90. The highest BCUT2D eigenvalue weighted by Crippen LogP contribution is 2.52. The van der Waals surface area contributed by atoms with Crippen LogP contribution in [0.3, 0.4) is 0 Å². The Morgan fingerprint density at radius 2 is 2.06 bits per heavy atom. The first-order valence-corrected chi connectivity index (χ1v) is 11.8. The number of nitrogens with one attached hydrogen (secondary N) is 1. The van der Waals surface area contributed by atoms with Gasteiger partial charge in [0.05, 0.1) is 17.6 Å². The number of hydrogen-bond donors (Lipinski definition) is 2. The molecule has 2 atom stereocenters. The lowest BCUT2D eigenvalue weighted by Gasteiger charge is -2.56. The summed E-state index contributed by atoms with van der Waals surface area (Å²) < 4.78 is 5.52. The molecule has 2 aromatic carbocycles. The quantitative estimate of drug-likeness (QED) is 0.456. The molecule has 0 amide bonds. The fourth-order valence-corrected chi connectivity index (χ4v) is 6.33. The molecule has 3 aliphatic rings. The lowest BCUT2D eigenvalue weighted by atomic mass is 9.56. The van der Waals surface area contributed by atoms with Crippen LogP contribution in [0, 0.1) is 16.0 Å². The lowest BCUT2D eigenvalue weighted by Crippen LogP contribution is -2.66. The molecule has 1 saturated carbocycles. The Kier molecular flexibility index (Phi) is 4.58. The molecule has 6 rings (SSSR count). The van der Waals surface area contributed by atoms with Crippen LogP contribution in [0.5, 0.6) is 5.75 Å². The summed E-state index contributed by atoms with van der Waals surface area (Å²) in [5.41, 5.74) is 2.29. The van der Waals surface area contributed by atoms with Gasteiger partial charge in [0.2, 0.25) is 0 Å². The molecule has 3 aromatic rings. The van der Waals surface area contributed by atoms with Crippen LogP contribution < -0.4 is 4.74 Å². The second kappa shape index (κ2) is 7.30. The zero-order chi connectivity index (χ0) is 22.8. The van der Waals surface area contributed by atoms with E-state index in [1.165, 1.54) is 12.8 Å². The Balaban J connectivity index is 1.50. The number of H-pyrrole nitrogens is 1. The van der Waals surface area contributed by atoms with Gasteiger partial charge < -0.3 is 19.7 Å². The summed E-state index contributed by atoms with van der Waals surface area (Å²) in [4.78, 5) is 17.2. The number of fused-ring (bicyclic) bond motifs is 4. The summed E-state index contributed by atoms with van der Waals surface area (Å²) in [5, 5.41) is 25.0. The minimum atomic E-state index is -0.973. The molecule has 1 aromatic heterocycles. The Morgan fingerprint density at radius 3 is 2.82 bits per heavy atom. The van der Waals surface area contributed by atoms with Crippen LogP contribution in [0.2, 0.25) is 0 Å². The molecule has 0 spiro atoms. The predicted octanol–water partition coefficient (Wildman–Crippen LogP) is 3.97. The van der Waals surface area contributed by atoms with E-state index in [-0.39, 0.29) is 10.6 Å². The topological polar surface area (TPSA) is 91.6 Å². The monoisotopic (exact) mass is 447 g/mol. The van der Waals surface area contributed by atoms with E-state index < -0.39 is 11.0 Å². The van der Waals surface area contributed by atoms with Crippen LogP contribution in [-0.4, -0.2) is 52.3 Å². The summed E-state index contributed by atoms with van der Waals surface area (Å²) in [6, 6.07) is 13.3.